The van der Waals surface area contributed by atoms with Crippen molar-refractivity contribution in [1.29, 1.82) is 0 Å². The van der Waals surface area contributed by atoms with Gasteiger partial charge in [0.25, 0.3) is 0 Å². The number of carbonyl (C=O) groups is 2. The van der Waals surface area contributed by atoms with Crippen molar-refractivity contribution < 1.29 is 14.3 Å². The van der Waals surface area contributed by atoms with Crippen LogP contribution in [0.4, 0.5) is 0 Å². The molecule has 7 heteroatoms. The van der Waals surface area contributed by atoms with E-state index in [1.807, 2.05) is 34.6 Å². The van der Waals surface area contributed by atoms with Crippen molar-refractivity contribution in [2.45, 2.75) is 34.6 Å². The summed E-state index contributed by atoms with van der Waals surface area (Å²) in [5.41, 5.74) is -0.580. The number of methoxy groups -OCH3 is 1. The molecule has 7 nitrogen and oxygen atoms in total. The summed E-state index contributed by atoms with van der Waals surface area (Å²) in [6.07, 6.45) is 0. The first-order chi connectivity index (χ1) is 11.3. The Morgan fingerprint density at radius 2 is 1.83 bits per heavy atom. The van der Waals surface area contributed by atoms with Crippen LogP contribution in [0, 0.1) is 17.3 Å². The lowest BCUT2D eigenvalue weighted by Gasteiger charge is -2.25. The maximum atomic E-state index is 12.1. The summed E-state index contributed by atoms with van der Waals surface area (Å²) in [6.45, 7) is 12.8. The smallest absolute Gasteiger partial charge is 0.310 e. The summed E-state index contributed by atoms with van der Waals surface area (Å²) in [5, 5.41) is 6.10. The van der Waals surface area contributed by atoms with E-state index < -0.39 is 5.41 Å². The van der Waals surface area contributed by atoms with E-state index >= 15 is 0 Å². The maximum absolute atomic E-state index is 12.1. The lowest BCUT2D eigenvalue weighted by Crippen LogP contribution is -2.43. The number of hydrogen-bond acceptors (Lipinski definition) is 4. The van der Waals surface area contributed by atoms with E-state index in [1.54, 1.807) is 0 Å². The van der Waals surface area contributed by atoms with Crippen LogP contribution in [0.25, 0.3) is 0 Å². The van der Waals surface area contributed by atoms with Crippen LogP contribution in [0.3, 0.4) is 0 Å². The molecule has 0 saturated carbocycles. The van der Waals surface area contributed by atoms with Crippen LogP contribution in [0.1, 0.15) is 34.6 Å². The van der Waals surface area contributed by atoms with Crippen molar-refractivity contribution in [2.24, 2.45) is 22.2 Å². The van der Waals surface area contributed by atoms with Crippen LogP contribution in [0.5, 0.6) is 0 Å². The van der Waals surface area contributed by atoms with Crippen molar-refractivity contribution in [3.05, 3.63) is 0 Å². The van der Waals surface area contributed by atoms with Gasteiger partial charge in [-0.25, -0.2) is 0 Å². The average Bonchev–Trinajstić information content (AvgIpc) is 2.92. The molecule has 0 spiro atoms. The fourth-order valence-electron chi connectivity index (χ4n) is 2.77. The van der Waals surface area contributed by atoms with Gasteiger partial charge in [0.05, 0.1) is 25.0 Å². The predicted octanol–water partition coefficient (Wildman–Crippen LogP) is 0.855. The average molecular weight is 340 g/mol. The van der Waals surface area contributed by atoms with Gasteiger partial charge in [0.15, 0.2) is 5.96 Å². The molecule has 0 aromatic heterocycles. The summed E-state index contributed by atoms with van der Waals surface area (Å²) in [7, 11) is 1.42. The molecular weight excluding hydrogens is 308 g/mol. The lowest BCUT2D eigenvalue weighted by molar-refractivity contribution is -0.146. The number of esters is 1. The fourth-order valence-corrected chi connectivity index (χ4v) is 2.77. The Balaban J connectivity index is 2.83. The van der Waals surface area contributed by atoms with E-state index in [0.29, 0.717) is 19.6 Å². The van der Waals surface area contributed by atoms with Crippen molar-refractivity contribution in [3.63, 3.8) is 0 Å². The second-order valence-electron chi connectivity index (χ2n) is 6.93. The number of likely N-dealkylation sites (tertiary alicyclic amines) is 1. The Morgan fingerprint density at radius 1 is 1.21 bits per heavy atom. The van der Waals surface area contributed by atoms with Gasteiger partial charge in [0, 0.05) is 26.2 Å². The van der Waals surface area contributed by atoms with Crippen molar-refractivity contribution in [2.75, 3.05) is 39.8 Å². The van der Waals surface area contributed by atoms with Gasteiger partial charge in [0.1, 0.15) is 0 Å². The van der Waals surface area contributed by atoms with Crippen LogP contribution in [0.15, 0.2) is 4.99 Å². The maximum Gasteiger partial charge on any atom is 0.310 e. The number of hydrogen-bond donors (Lipinski definition) is 2. The second kappa shape index (κ2) is 8.89. The zero-order valence-corrected chi connectivity index (χ0v) is 15.8. The quantitative estimate of drug-likeness (QED) is 0.426. The van der Waals surface area contributed by atoms with Gasteiger partial charge in [-0.2, -0.15) is 0 Å². The van der Waals surface area contributed by atoms with E-state index in [2.05, 4.69) is 20.5 Å². The molecule has 0 aromatic rings. The number of guanidine groups is 1. The highest BCUT2D eigenvalue weighted by Gasteiger charge is 2.37. The molecule has 1 amide bonds. The van der Waals surface area contributed by atoms with Crippen LogP contribution in [-0.4, -0.2) is 62.6 Å². The number of aliphatic imine (C=N–C) groups is 1. The highest BCUT2D eigenvalue weighted by atomic mass is 16.5. The lowest BCUT2D eigenvalue weighted by atomic mass is 9.92. The summed E-state index contributed by atoms with van der Waals surface area (Å²) in [4.78, 5) is 30.7. The SMILES string of the molecule is CCNC(=O)C(C)(C)CN=C(NCC)N1CC(C)C(C(=O)OC)C1. The van der Waals surface area contributed by atoms with E-state index in [1.165, 1.54) is 7.11 Å². The molecule has 0 aromatic carbocycles. The largest absolute Gasteiger partial charge is 0.469 e. The highest BCUT2D eigenvalue weighted by molar-refractivity contribution is 5.84. The van der Waals surface area contributed by atoms with E-state index in [-0.39, 0.29) is 23.7 Å². The van der Waals surface area contributed by atoms with Crippen LogP contribution in [0.2, 0.25) is 0 Å². The van der Waals surface area contributed by atoms with Gasteiger partial charge in [-0.3, -0.25) is 14.6 Å². The molecule has 2 N–H and O–H groups in total. The zero-order chi connectivity index (χ0) is 18.3. The predicted molar refractivity (Wildman–Crippen MR) is 94.7 cm³/mol. The monoisotopic (exact) mass is 340 g/mol. The molecule has 1 aliphatic rings. The Bertz CT molecular complexity index is 476. The number of nitrogens with one attached hydrogen (secondary N) is 2. The Morgan fingerprint density at radius 3 is 2.38 bits per heavy atom. The molecule has 1 heterocycles. The van der Waals surface area contributed by atoms with Gasteiger partial charge < -0.3 is 20.3 Å². The third kappa shape index (κ3) is 5.11. The molecule has 1 aliphatic heterocycles. The van der Waals surface area contributed by atoms with Gasteiger partial charge in [-0.1, -0.05) is 6.92 Å². The molecule has 138 valence electrons. The first-order valence-electron chi connectivity index (χ1n) is 8.66. The molecule has 24 heavy (non-hydrogen) atoms. The zero-order valence-electron chi connectivity index (χ0n) is 15.8. The Labute approximate surface area is 145 Å². The van der Waals surface area contributed by atoms with Crippen LogP contribution < -0.4 is 10.6 Å². The van der Waals surface area contributed by atoms with E-state index in [0.717, 1.165) is 19.0 Å². The van der Waals surface area contributed by atoms with Gasteiger partial charge in [0.2, 0.25) is 5.91 Å². The van der Waals surface area contributed by atoms with Crippen LogP contribution in [-0.2, 0) is 14.3 Å². The fraction of sp³-hybridized carbons (Fsp3) is 0.824. The van der Waals surface area contributed by atoms with Crippen molar-refractivity contribution >= 4 is 17.8 Å². The van der Waals surface area contributed by atoms with Gasteiger partial charge >= 0.3 is 5.97 Å². The highest BCUT2D eigenvalue weighted by Crippen LogP contribution is 2.24. The molecule has 0 aliphatic carbocycles. The third-order valence-corrected chi connectivity index (χ3v) is 4.33. The molecule has 1 fully saturated rings. The minimum atomic E-state index is -0.580. The minimum Gasteiger partial charge on any atom is -0.469 e. The number of ether oxygens (including phenoxy) is 1. The molecule has 1 rings (SSSR count). The minimum absolute atomic E-state index is 0.00757. The van der Waals surface area contributed by atoms with Gasteiger partial charge in [-0.05, 0) is 33.6 Å². The molecule has 0 radical (unpaired) electrons. The summed E-state index contributed by atoms with van der Waals surface area (Å²) < 4.78 is 4.89. The van der Waals surface area contributed by atoms with E-state index in [4.69, 9.17) is 4.74 Å². The topological polar surface area (TPSA) is 83.0 Å². The van der Waals surface area contributed by atoms with Crippen molar-refractivity contribution in [1.82, 2.24) is 15.5 Å². The molecule has 0 bridgehead atoms. The van der Waals surface area contributed by atoms with E-state index in [9.17, 15) is 9.59 Å². The molecule has 2 unspecified atom stereocenters. The number of nitrogens with zero attached hydrogens (tertiary/aromatic N) is 2. The molecule has 2 atom stereocenters. The molecular formula is C17H32N4O3. The first kappa shape index (κ1) is 20.3. The van der Waals surface area contributed by atoms with Crippen molar-refractivity contribution in [3.8, 4) is 0 Å². The van der Waals surface area contributed by atoms with Gasteiger partial charge in [-0.15, -0.1) is 0 Å². The number of rotatable bonds is 6. The summed E-state index contributed by atoms with van der Waals surface area (Å²) in [5.74, 6) is 0.622. The number of carbonyl (C=O) groups excluding carboxylic acids is 2. The standard InChI is InChI=1S/C17H32N4O3/c1-7-18-15(23)17(4,5)11-20-16(19-8-2)21-9-12(3)13(10-21)14(22)24-6/h12-13H,7-11H2,1-6H3,(H,18,23)(H,19,20). The number of amides is 1. The summed E-state index contributed by atoms with van der Waals surface area (Å²) in [6, 6.07) is 0. The third-order valence-electron chi connectivity index (χ3n) is 4.33. The normalized spacial score (nSPS) is 21.6. The second-order valence-corrected chi connectivity index (χ2v) is 6.93. The molecule has 1 saturated heterocycles. The summed E-state index contributed by atoms with van der Waals surface area (Å²) >= 11 is 0. The van der Waals surface area contributed by atoms with Crippen LogP contribution >= 0.6 is 0 Å². The Kier molecular flexibility index (Phi) is 7.51. The Hall–Kier alpha value is -1.79. The first-order valence-corrected chi connectivity index (χ1v) is 8.66.